The van der Waals surface area contributed by atoms with Gasteiger partial charge >= 0.3 is 0 Å². The quantitative estimate of drug-likeness (QED) is 0.312. The van der Waals surface area contributed by atoms with Crippen LogP contribution in [-0.4, -0.2) is 86.8 Å². The van der Waals surface area contributed by atoms with Gasteiger partial charge in [0.05, 0.1) is 45.7 Å². The molecule has 4 rings (SSSR count). The molecule has 2 aromatic carbocycles. The van der Waals surface area contributed by atoms with E-state index in [-0.39, 0.29) is 11.3 Å². The SMILES string of the molecule is CCOc1ccc([C@H]2/C(=C(\O)c3ccc(OC)c(C)c3)C(=O)C(=O)N2CCN2CCOCC2)cc1OC. The molecule has 0 aliphatic carbocycles. The highest BCUT2D eigenvalue weighted by molar-refractivity contribution is 6.46. The fraction of sp³-hybridized carbons (Fsp3) is 0.429. The van der Waals surface area contributed by atoms with Crippen molar-refractivity contribution in [3.63, 3.8) is 0 Å². The average Bonchev–Trinajstić information content (AvgIpc) is 3.17. The summed E-state index contributed by atoms with van der Waals surface area (Å²) >= 11 is 0. The minimum atomic E-state index is -0.784. The Kier molecular flexibility index (Phi) is 8.35. The topological polar surface area (TPSA) is 97.8 Å². The van der Waals surface area contributed by atoms with Crippen molar-refractivity contribution < 1.29 is 33.6 Å². The van der Waals surface area contributed by atoms with E-state index in [1.165, 1.54) is 12.0 Å². The lowest BCUT2D eigenvalue weighted by Gasteiger charge is -2.31. The van der Waals surface area contributed by atoms with E-state index in [1.54, 1.807) is 43.5 Å². The number of hydrogen-bond acceptors (Lipinski definition) is 8. The monoisotopic (exact) mass is 510 g/mol. The molecule has 0 radical (unpaired) electrons. The summed E-state index contributed by atoms with van der Waals surface area (Å²) in [6, 6.07) is 9.69. The van der Waals surface area contributed by atoms with Crippen LogP contribution in [0.5, 0.6) is 17.2 Å². The molecular weight excluding hydrogens is 476 g/mol. The Morgan fingerprint density at radius 1 is 1.00 bits per heavy atom. The summed E-state index contributed by atoms with van der Waals surface area (Å²) in [6.07, 6.45) is 0. The minimum absolute atomic E-state index is 0.0442. The minimum Gasteiger partial charge on any atom is -0.507 e. The van der Waals surface area contributed by atoms with Crippen LogP contribution in [-0.2, 0) is 14.3 Å². The molecule has 2 aliphatic heterocycles. The van der Waals surface area contributed by atoms with Crippen LogP contribution in [0, 0.1) is 6.92 Å². The number of amides is 1. The molecule has 9 nitrogen and oxygen atoms in total. The number of ketones is 1. The van der Waals surface area contributed by atoms with Gasteiger partial charge in [-0.15, -0.1) is 0 Å². The maximum Gasteiger partial charge on any atom is 0.295 e. The van der Waals surface area contributed by atoms with Gasteiger partial charge < -0.3 is 29.0 Å². The third-order valence-corrected chi connectivity index (χ3v) is 6.77. The molecule has 2 aromatic rings. The molecule has 0 saturated carbocycles. The number of rotatable bonds is 9. The molecule has 2 aliphatic rings. The summed E-state index contributed by atoms with van der Waals surface area (Å²) in [5, 5.41) is 11.4. The van der Waals surface area contributed by atoms with Crippen molar-refractivity contribution in [2.45, 2.75) is 19.9 Å². The number of methoxy groups -OCH3 is 2. The highest BCUT2D eigenvalue weighted by Crippen LogP contribution is 2.42. The normalized spacial score (nSPS) is 19.8. The Morgan fingerprint density at radius 2 is 1.70 bits per heavy atom. The fourth-order valence-corrected chi connectivity index (χ4v) is 4.84. The Labute approximate surface area is 217 Å². The second kappa shape index (κ2) is 11.7. The van der Waals surface area contributed by atoms with E-state index in [1.807, 2.05) is 13.8 Å². The number of aliphatic hydroxyl groups excluding tert-OH is 1. The van der Waals surface area contributed by atoms with Gasteiger partial charge in [0.25, 0.3) is 11.7 Å². The van der Waals surface area contributed by atoms with Crippen molar-refractivity contribution >= 4 is 17.4 Å². The second-order valence-electron chi connectivity index (χ2n) is 8.97. The van der Waals surface area contributed by atoms with Crippen molar-refractivity contribution in [3.8, 4) is 17.2 Å². The van der Waals surface area contributed by atoms with Gasteiger partial charge in [-0.2, -0.15) is 0 Å². The number of likely N-dealkylation sites (tertiary alicyclic amines) is 1. The molecular formula is C28H34N2O7. The van der Waals surface area contributed by atoms with Crippen LogP contribution in [0.1, 0.15) is 29.7 Å². The van der Waals surface area contributed by atoms with Crippen LogP contribution in [0.15, 0.2) is 42.0 Å². The maximum absolute atomic E-state index is 13.4. The smallest absolute Gasteiger partial charge is 0.295 e. The molecule has 37 heavy (non-hydrogen) atoms. The standard InChI is InChI=1S/C28H34N2O7/c1-5-37-22-9-6-19(17-23(22)35-4)25-24(26(31)20-7-8-21(34-3)18(2)16-20)27(32)28(33)30(25)11-10-29-12-14-36-15-13-29/h6-9,16-17,25,31H,5,10-15H2,1-4H3/b26-24+/t25-/m0/s1. The lowest BCUT2D eigenvalue weighted by molar-refractivity contribution is -0.140. The van der Waals surface area contributed by atoms with Gasteiger partial charge in [-0.1, -0.05) is 6.07 Å². The lowest BCUT2D eigenvalue weighted by atomic mass is 9.94. The number of morpholine rings is 1. The Balaban J connectivity index is 1.79. The zero-order valence-corrected chi connectivity index (χ0v) is 21.8. The van der Waals surface area contributed by atoms with Crippen LogP contribution in [0.2, 0.25) is 0 Å². The number of Topliss-reactive ketones (excluding diaryl/α,β-unsaturated/α-hetero) is 1. The number of hydrogen-bond donors (Lipinski definition) is 1. The molecule has 0 bridgehead atoms. The third kappa shape index (κ3) is 5.42. The first-order valence-corrected chi connectivity index (χ1v) is 12.4. The fourth-order valence-electron chi connectivity index (χ4n) is 4.84. The average molecular weight is 511 g/mol. The third-order valence-electron chi connectivity index (χ3n) is 6.77. The molecule has 1 atom stereocenters. The predicted octanol–water partition coefficient (Wildman–Crippen LogP) is 3.16. The van der Waals surface area contributed by atoms with Gasteiger partial charge in [-0.05, 0) is 55.3 Å². The van der Waals surface area contributed by atoms with E-state index in [0.29, 0.717) is 61.3 Å². The maximum atomic E-state index is 13.4. The van der Waals surface area contributed by atoms with Gasteiger partial charge in [-0.25, -0.2) is 0 Å². The van der Waals surface area contributed by atoms with Gasteiger partial charge in [0.15, 0.2) is 11.5 Å². The van der Waals surface area contributed by atoms with Crippen LogP contribution in [0.4, 0.5) is 0 Å². The van der Waals surface area contributed by atoms with Crippen LogP contribution in [0.25, 0.3) is 5.76 Å². The number of aryl methyl sites for hydroxylation is 1. The first-order valence-electron chi connectivity index (χ1n) is 12.4. The zero-order chi connectivity index (χ0) is 26.5. The molecule has 198 valence electrons. The van der Waals surface area contributed by atoms with Crippen molar-refractivity contribution in [1.29, 1.82) is 0 Å². The zero-order valence-electron chi connectivity index (χ0n) is 21.8. The number of aliphatic hydroxyl groups is 1. The summed E-state index contributed by atoms with van der Waals surface area (Å²) in [5.74, 6) is 0.123. The van der Waals surface area contributed by atoms with Crippen molar-refractivity contribution in [2.24, 2.45) is 0 Å². The van der Waals surface area contributed by atoms with Crippen molar-refractivity contribution in [3.05, 3.63) is 58.7 Å². The number of carbonyl (C=O) groups is 2. The van der Waals surface area contributed by atoms with Gasteiger partial charge in [0.2, 0.25) is 0 Å². The largest absolute Gasteiger partial charge is 0.507 e. The Hall–Kier alpha value is -3.56. The predicted molar refractivity (Wildman–Crippen MR) is 138 cm³/mol. The molecule has 1 amide bonds. The second-order valence-corrected chi connectivity index (χ2v) is 8.97. The lowest BCUT2D eigenvalue weighted by Crippen LogP contribution is -2.42. The van der Waals surface area contributed by atoms with E-state index in [0.717, 1.165) is 18.7 Å². The molecule has 0 spiro atoms. The van der Waals surface area contributed by atoms with E-state index in [4.69, 9.17) is 18.9 Å². The van der Waals surface area contributed by atoms with Crippen LogP contribution >= 0.6 is 0 Å². The number of nitrogens with zero attached hydrogens (tertiary/aromatic N) is 2. The molecule has 2 saturated heterocycles. The summed E-state index contributed by atoms with van der Waals surface area (Å²) in [7, 11) is 3.11. The summed E-state index contributed by atoms with van der Waals surface area (Å²) in [5.41, 5.74) is 1.93. The van der Waals surface area contributed by atoms with Crippen LogP contribution in [0.3, 0.4) is 0 Å². The first-order chi connectivity index (χ1) is 17.9. The van der Waals surface area contributed by atoms with Crippen LogP contribution < -0.4 is 14.2 Å². The Morgan fingerprint density at radius 3 is 2.35 bits per heavy atom. The number of ether oxygens (including phenoxy) is 4. The van der Waals surface area contributed by atoms with Crippen molar-refractivity contribution in [1.82, 2.24) is 9.80 Å². The van der Waals surface area contributed by atoms with Crippen molar-refractivity contribution in [2.75, 3.05) is 60.2 Å². The molecule has 1 N–H and O–H groups in total. The molecule has 0 unspecified atom stereocenters. The van der Waals surface area contributed by atoms with E-state index < -0.39 is 17.7 Å². The highest BCUT2D eigenvalue weighted by Gasteiger charge is 2.46. The molecule has 0 aromatic heterocycles. The number of benzene rings is 2. The highest BCUT2D eigenvalue weighted by atomic mass is 16.5. The summed E-state index contributed by atoms with van der Waals surface area (Å²) < 4.78 is 22.0. The van der Waals surface area contributed by atoms with Gasteiger partial charge in [-0.3, -0.25) is 14.5 Å². The summed E-state index contributed by atoms with van der Waals surface area (Å²) in [6.45, 7) is 7.89. The van der Waals surface area contributed by atoms with E-state index >= 15 is 0 Å². The molecule has 9 heteroatoms. The van der Waals surface area contributed by atoms with Gasteiger partial charge in [0.1, 0.15) is 11.5 Å². The first kappa shape index (κ1) is 26.5. The van der Waals surface area contributed by atoms with E-state index in [9.17, 15) is 14.7 Å². The molecule has 2 heterocycles. The number of carbonyl (C=O) groups excluding carboxylic acids is 2. The van der Waals surface area contributed by atoms with E-state index in [2.05, 4.69) is 4.90 Å². The Bertz CT molecular complexity index is 1190. The summed E-state index contributed by atoms with van der Waals surface area (Å²) in [4.78, 5) is 30.4. The van der Waals surface area contributed by atoms with Gasteiger partial charge in [0, 0.05) is 31.7 Å². The molecule has 2 fully saturated rings.